The third kappa shape index (κ3) is 6.14. The fraction of sp³-hybridized carbons (Fsp3) is 1.00. The molecular formula is C13H23F8NO6P2. The Bertz CT molecular complexity index is 619. The van der Waals surface area contributed by atoms with Crippen LogP contribution in [0.3, 0.4) is 0 Å². The zero-order valence-electron chi connectivity index (χ0n) is 16.4. The van der Waals surface area contributed by atoms with Crippen LogP contribution in [0.1, 0.15) is 27.7 Å². The van der Waals surface area contributed by atoms with Gasteiger partial charge < -0.3 is 9.05 Å². The molecule has 0 saturated heterocycles. The molecule has 0 aliphatic heterocycles. The Hall–Kier alpha value is -0.300. The number of halogens is 8. The fourth-order valence-electron chi connectivity index (χ4n) is 2.03. The van der Waals surface area contributed by atoms with Crippen molar-refractivity contribution >= 4 is 15.3 Å². The third-order valence-corrected chi connectivity index (χ3v) is 7.56. The van der Waals surface area contributed by atoms with E-state index in [0.717, 1.165) is 13.8 Å². The Balaban J connectivity index is 6.74. The lowest BCUT2D eigenvalue weighted by atomic mass is 10.0. The van der Waals surface area contributed by atoms with E-state index in [0.29, 0.717) is 0 Å². The third-order valence-electron chi connectivity index (χ3n) is 3.27. The Morgan fingerprint density at radius 3 is 1.40 bits per heavy atom. The Morgan fingerprint density at radius 1 is 0.733 bits per heavy atom. The summed E-state index contributed by atoms with van der Waals surface area (Å²) in [7, 11) is -10.5. The van der Waals surface area contributed by atoms with Crippen molar-refractivity contribution in [2.75, 3.05) is 26.4 Å². The molecule has 0 amide bonds. The largest absolute Gasteiger partial charge is 0.406 e. The van der Waals surface area contributed by atoms with Crippen LogP contribution in [0.15, 0.2) is 0 Å². The predicted octanol–water partition coefficient (Wildman–Crippen LogP) is 5.52. The average molecular weight is 503 g/mol. The summed E-state index contributed by atoms with van der Waals surface area (Å²) in [5.41, 5.74) is 0. The molecule has 182 valence electrons. The topological polar surface area (TPSA) is 83.1 Å². The highest BCUT2D eigenvalue weighted by molar-refractivity contribution is 7.57. The number of rotatable bonds is 15. The maximum absolute atomic E-state index is 14.7. The molecule has 0 aliphatic rings. The smallest absolute Gasteiger partial charge is 0.308 e. The first-order valence-electron chi connectivity index (χ1n) is 8.50. The summed E-state index contributed by atoms with van der Waals surface area (Å²) >= 11 is 0. The summed E-state index contributed by atoms with van der Waals surface area (Å²) in [4.78, 5) is 0. The quantitative estimate of drug-likeness (QED) is 0.233. The highest BCUT2D eigenvalue weighted by atomic mass is 31.2. The van der Waals surface area contributed by atoms with Gasteiger partial charge in [0.2, 0.25) is 0 Å². The summed E-state index contributed by atoms with van der Waals surface area (Å²) in [6.45, 7) is 2.05. The summed E-state index contributed by atoms with van der Waals surface area (Å²) < 4.78 is 152. The average Bonchev–Trinajstić information content (AvgIpc) is 2.60. The molecule has 1 N–H and O–H groups in total. The molecule has 0 radical (unpaired) electrons. The van der Waals surface area contributed by atoms with E-state index in [4.69, 9.17) is 0 Å². The van der Waals surface area contributed by atoms with E-state index in [1.54, 1.807) is 0 Å². The minimum Gasteiger partial charge on any atom is -0.308 e. The second-order valence-corrected chi connectivity index (χ2v) is 9.24. The van der Waals surface area contributed by atoms with Crippen molar-refractivity contribution in [2.24, 2.45) is 0 Å². The van der Waals surface area contributed by atoms with E-state index >= 15 is 0 Å². The highest BCUT2D eigenvalue weighted by Crippen LogP contribution is 2.64. The van der Waals surface area contributed by atoms with Gasteiger partial charge in [0.15, 0.2) is 5.78 Å². The number of nitrogens with one attached hydrogen (secondary N) is 1. The van der Waals surface area contributed by atoms with Crippen LogP contribution in [0.2, 0.25) is 0 Å². The highest BCUT2D eigenvalue weighted by Gasteiger charge is 2.80. The van der Waals surface area contributed by atoms with Crippen LogP contribution in [0.25, 0.3) is 0 Å². The van der Waals surface area contributed by atoms with Gasteiger partial charge in [-0.15, -0.1) is 0 Å². The van der Waals surface area contributed by atoms with Crippen LogP contribution >= 0.6 is 15.3 Å². The molecule has 0 spiro atoms. The predicted molar refractivity (Wildman–Crippen MR) is 89.5 cm³/mol. The van der Waals surface area contributed by atoms with Gasteiger partial charge in [-0.3, -0.25) is 13.6 Å². The van der Waals surface area contributed by atoms with Crippen molar-refractivity contribution in [1.82, 2.24) is 5.09 Å². The zero-order chi connectivity index (χ0) is 24.0. The van der Waals surface area contributed by atoms with Gasteiger partial charge in [-0.05, 0) is 27.7 Å². The molecule has 0 heterocycles. The van der Waals surface area contributed by atoms with E-state index in [1.807, 2.05) is 0 Å². The van der Waals surface area contributed by atoms with E-state index in [9.17, 15) is 44.3 Å². The van der Waals surface area contributed by atoms with Gasteiger partial charge in [0.25, 0.3) is 0 Å². The maximum atomic E-state index is 14.7. The first-order chi connectivity index (χ1) is 13.5. The first kappa shape index (κ1) is 29.7. The number of hydrogen-bond donors (Lipinski definition) is 1. The zero-order valence-corrected chi connectivity index (χ0v) is 18.1. The molecule has 0 bridgehead atoms. The van der Waals surface area contributed by atoms with E-state index < -0.39 is 71.7 Å². The van der Waals surface area contributed by atoms with Gasteiger partial charge in [0.1, 0.15) is 0 Å². The van der Waals surface area contributed by atoms with E-state index in [2.05, 4.69) is 18.1 Å². The van der Waals surface area contributed by atoms with Gasteiger partial charge in [-0.2, -0.15) is 26.3 Å². The molecule has 0 aromatic rings. The molecule has 1 atom stereocenters. The summed E-state index contributed by atoms with van der Waals surface area (Å²) in [6, 6.07) is 0. The van der Waals surface area contributed by atoms with Gasteiger partial charge in [0, 0.05) is 0 Å². The van der Waals surface area contributed by atoms with Crippen LogP contribution in [-0.2, 0) is 27.2 Å². The lowest BCUT2D eigenvalue weighted by Crippen LogP contribution is -2.64. The minimum absolute atomic E-state index is 0.514. The molecule has 0 rings (SSSR count). The van der Waals surface area contributed by atoms with Crippen LogP contribution in [0.4, 0.5) is 35.1 Å². The lowest BCUT2D eigenvalue weighted by molar-refractivity contribution is -0.339. The molecule has 7 nitrogen and oxygen atoms in total. The molecule has 0 aliphatic carbocycles. The maximum Gasteiger partial charge on any atom is 0.406 e. The van der Waals surface area contributed by atoms with Gasteiger partial charge in [-0.25, -0.2) is 18.4 Å². The SMILES string of the molecule is CCOP(=O)(NC(C(F)(F)C(F)(F)C(F)(F)C(F)F)P(=O)(OCC)OCC)OCC. The van der Waals surface area contributed by atoms with Crippen molar-refractivity contribution in [3.05, 3.63) is 0 Å². The van der Waals surface area contributed by atoms with Crippen LogP contribution in [0, 0.1) is 0 Å². The Kier molecular flexibility index (Phi) is 10.9. The van der Waals surface area contributed by atoms with Crippen molar-refractivity contribution in [1.29, 1.82) is 0 Å². The summed E-state index contributed by atoms with van der Waals surface area (Å²) in [5, 5.41) is 1.19. The Labute approximate surface area is 167 Å². The van der Waals surface area contributed by atoms with E-state index in [1.165, 1.54) is 18.9 Å². The molecule has 0 aromatic carbocycles. The molecule has 0 aromatic heterocycles. The van der Waals surface area contributed by atoms with Gasteiger partial charge in [-0.1, -0.05) is 0 Å². The second kappa shape index (κ2) is 11.0. The van der Waals surface area contributed by atoms with Gasteiger partial charge >= 0.3 is 39.5 Å². The monoisotopic (exact) mass is 503 g/mol. The fourth-order valence-corrected chi connectivity index (χ4v) is 6.04. The first-order valence-corrected chi connectivity index (χ1v) is 11.7. The molecule has 30 heavy (non-hydrogen) atoms. The van der Waals surface area contributed by atoms with Crippen molar-refractivity contribution < 1.29 is 62.3 Å². The summed E-state index contributed by atoms with van der Waals surface area (Å²) in [6.07, 6.45) is -5.22. The lowest BCUT2D eigenvalue weighted by Gasteiger charge is -2.39. The van der Waals surface area contributed by atoms with Crippen molar-refractivity contribution in [3.8, 4) is 0 Å². The molecule has 17 heteroatoms. The summed E-state index contributed by atoms with van der Waals surface area (Å²) in [5.74, 6) is -23.4. The van der Waals surface area contributed by atoms with Crippen molar-refractivity contribution in [3.63, 3.8) is 0 Å². The molecule has 0 saturated carbocycles. The van der Waals surface area contributed by atoms with Crippen LogP contribution < -0.4 is 5.09 Å². The Morgan fingerprint density at radius 2 is 1.10 bits per heavy atom. The van der Waals surface area contributed by atoms with E-state index in [-0.39, 0.29) is 0 Å². The molecule has 0 fully saturated rings. The standard InChI is InChI=1S/C13H23F8NO6P2/c1-5-25-29(23,26-6-2)10(22-30(24,27-7-3)28-8-4)12(18,19)13(20,21)11(16,17)9(14)15/h9-10H,5-8H2,1-4H3,(H,22,24). The normalized spacial score (nSPS) is 15.6. The second-order valence-electron chi connectivity index (χ2n) is 5.36. The molecule has 1 unspecified atom stereocenters. The minimum atomic E-state index is -6.79. The van der Waals surface area contributed by atoms with Crippen molar-refractivity contribution in [2.45, 2.75) is 57.7 Å². The van der Waals surface area contributed by atoms with Crippen LogP contribution in [0.5, 0.6) is 0 Å². The molecular weight excluding hydrogens is 480 g/mol. The van der Waals surface area contributed by atoms with Gasteiger partial charge in [0.05, 0.1) is 26.4 Å². The number of alkyl halides is 8. The number of hydrogen-bond acceptors (Lipinski definition) is 6. The van der Waals surface area contributed by atoms with Crippen LogP contribution in [-0.4, -0.2) is 56.4 Å².